The Kier molecular flexibility index (Phi) is 7.42. The number of carbonyl (C=O) groups is 1. The number of hydrogen-bond donors (Lipinski definition) is 0. The van der Waals surface area contributed by atoms with E-state index >= 15 is 0 Å². The Morgan fingerprint density at radius 2 is 1.89 bits per heavy atom. The molecule has 10 heteroatoms. The topological polar surface area (TPSA) is 75.9 Å². The van der Waals surface area contributed by atoms with Crippen LogP contribution in [0.5, 0.6) is 0 Å². The molecule has 3 aromatic heterocycles. The number of halogens is 1. The minimum Gasteiger partial charge on any atom is -0.466 e. The smallest absolute Gasteiger partial charge is 0.309 e. The predicted molar refractivity (Wildman–Crippen MR) is 152 cm³/mol. The number of piperidine rings is 1. The zero-order valence-corrected chi connectivity index (χ0v) is 23.6. The van der Waals surface area contributed by atoms with E-state index in [0.29, 0.717) is 6.61 Å². The van der Waals surface area contributed by atoms with Crippen molar-refractivity contribution in [3.8, 4) is 11.3 Å². The molecule has 0 atom stereocenters. The molecule has 36 heavy (non-hydrogen) atoms. The van der Waals surface area contributed by atoms with Crippen LogP contribution in [-0.4, -0.2) is 52.3 Å². The minimum atomic E-state index is -0.0836. The second-order valence-electron chi connectivity index (χ2n) is 8.79. The van der Waals surface area contributed by atoms with Gasteiger partial charge in [0, 0.05) is 34.7 Å². The molecular weight excluding hydrogens is 587 g/mol. The van der Waals surface area contributed by atoms with Crippen molar-refractivity contribution in [1.29, 1.82) is 0 Å². The lowest BCUT2D eigenvalue weighted by Crippen LogP contribution is -2.37. The van der Waals surface area contributed by atoms with E-state index in [2.05, 4.69) is 69.0 Å². The number of aromatic nitrogens is 4. The average Bonchev–Trinajstić information content (AvgIpc) is 3.54. The van der Waals surface area contributed by atoms with Crippen LogP contribution in [0.15, 0.2) is 41.8 Å². The summed E-state index contributed by atoms with van der Waals surface area (Å²) in [5.74, 6) is 1.70. The number of thiazole rings is 1. The summed E-state index contributed by atoms with van der Waals surface area (Å²) in [7, 11) is 2.03. The molecule has 0 unspecified atom stereocenters. The van der Waals surface area contributed by atoms with E-state index in [0.717, 1.165) is 71.7 Å². The predicted octanol–water partition coefficient (Wildman–Crippen LogP) is 5.57. The van der Waals surface area contributed by atoms with Crippen LogP contribution >= 0.6 is 33.9 Å². The first-order valence-electron chi connectivity index (χ1n) is 12.2. The quantitative estimate of drug-likeness (QED) is 0.199. The summed E-state index contributed by atoms with van der Waals surface area (Å²) < 4.78 is 8.35. The second-order valence-corrected chi connectivity index (χ2v) is 10.9. The van der Waals surface area contributed by atoms with Crippen LogP contribution in [0.25, 0.3) is 16.9 Å². The lowest BCUT2D eigenvalue weighted by molar-refractivity contribution is -0.148. The Morgan fingerprint density at radius 3 is 2.58 bits per heavy atom. The number of ether oxygens (including phenoxy) is 1. The van der Waals surface area contributed by atoms with E-state index in [1.165, 1.54) is 3.57 Å². The third-order valence-electron chi connectivity index (χ3n) is 6.52. The van der Waals surface area contributed by atoms with Gasteiger partial charge in [-0.3, -0.25) is 4.79 Å². The zero-order chi connectivity index (χ0) is 25.2. The molecule has 1 aliphatic rings. The Hall–Kier alpha value is -2.73. The van der Waals surface area contributed by atoms with Crippen LogP contribution in [0, 0.1) is 9.49 Å². The van der Waals surface area contributed by atoms with Gasteiger partial charge in [-0.05, 0) is 73.0 Å². The number of benzene rings is 1. The third kappa shape index (κ3) is 4.93. The van der Waals surface area contributed by atoms with E-state index in [4.69, 9.17) is 19.8 Å². The van der Waals surface area contributed by atoms with Crippen molar-refractivity contribution in [3.63, 3.8) is 0 Å². The molecule has 0 saturated carbocycles. The van der Waals surface area contributed by atoms with Crippen molar-refractivity contribution in [1.82, 2.24) is 19.6 Å². The van der Waals surface area contributed by atoms with Crippen LogP contribution in [-0.2, 0) is 16.0 Å². The van der Waals surface area contributed by atoms with Crippen LogP contribution in [0.3, 0.4) is 0 Å². The maximum Gasteiger partial charge on any atom is 0.309 e. The number of esters is 1. The van der Waals surface area contributed by atoms with Gasteiger partial charge in [-0.15, -0.1) is 16.4 Å². The van der Waals surface area contributed by atoms with Crippen LogP contribution in [0.1, 0.15) is 32.4 Å². The zero-order valence-electron chi connectivity index (χ0n) is 20.6. The number of nitrogens with zero attached hydrogens (tertiary/aromatic N) is 6. The molecular formula is C26H29IN6O2S. The Balaban J connectivity index is 1.42. The van der Waals surface area contributed by atoms with Crippen molar-refractivity contribution in [3.05, 3.63) is 51.0 Å². The van der Waals surface area contributed by atoms with Crippen molar-refractivity contribution in [2.75, 3.05) is 36.5 Å². The number of aryl methyl sites for hydroxylation is 1. The summed E-state index contributed by atoms with van der Waals surface area (Å²) in [6.45, 7) is 5.94. The average molecular weight is 617 g/mol. The van der Waals surface area contributed by atoms with Gasteiger partial charge in [0.2, 0.25) is 0 Å². The monoisotopic (exact) mass is 616 g/mol. The van der Waals surface area contributed by atoms with Crippen molar-refractivity contribution in [2.24, 2.45) is 5.92 Å². The molecule has 0 amide bonds. The molecule has 1 aromatic carbocycles. The molecule has 1 fully saturated rings. The van der Waals surface area contributed by atoms with Gasteiger partial charge in [-0.2, -0.15) is 4.52 Å². The van der Waals surface area contributed by atoms with Crippen LogP contribution in [0.4, 0.5) is 16.8 Å². The van der Waals surface area contributed by atoms with Gasteiger partial charge >= 0.3 is 5.97 Å². The second kappa shape index (κ2) is 10.7. The van der Waals surface area contributed by atoms with E-state index in [1.54, 1.807) is 11.3 Å². The first-order chi connectivity index (χ1) is 17.5. The Bertz CT molecular complexity index is 1360. The van der Waals surface area contributed by atoms with Crippen molar-refractivity contribution < 1.29 is 9.53 Å². The highest BCUT2D eigenvalue weighted by Gasteiger charge is 2.27. The Morgan fingerprint density at radius 1 is 1.14 bits per heavy atom. The number of hydrogen-bond acceptors (Lipinski definition) is 8. The normalized spacial score (nSPS) is 14.4. The largest absolute Gasteiger partial charge is 0.466 e. The molecule has 1 saturated heterocycles. The highest BCUT2D eigenvalue weighted by Crippen LogP contribution is 2.34. The minimum absolute atomic E-state index is 0.0289. The third-order valence-corrected chi connectivity index (χ3v) is 8.16. The lowest BCUT2D eigenvalue weighted by atomic mass is 9.97. The summed E-state index contributed by atoms with van der Waals surface area (Å²) in [4.78, 5) is 26.2. The molecule has 0 spiro atoms. The van der Waals surface area contributed by atoms with Gasteiger partial charge in [0.1, 0.15) is 5.82 Å². The number of rotatable bonds is 7. The van der Waals surface area contributed by atoms with Crippen molar-refractivity contribution >= 4 is 62.3 Å². The SMILES string of the molecule is CCOC(=O)C1CCN(c2ccc3nc(CC)c(N(C)c4nc(-c5ccc(I)cc5)cs4)n3n2)CC1. The van der Waals surface area contributed by atoms with E-state index in [1.807, 2.05) is 30.6 Å². The molecule has 4 aromatic rings. The van der Waals surface area contributed by atoms with E-state index in [-0.39, 0.29) is 11.9 Å². The van der Waals surface area contributed by atoms with E-state index < -0.39 is 0 Å². The summed E-state index contributed by atoms with van der Waals surface area (Å²) in [5.41, 5.74) is 3.86. The highest BCUT2D eigenvalue weighted by atomic mass is 127. The molecule has 8 nitrogen and oxygen atoms in total. The van der Waals surface area contributed by atoms with Crippen molar-refractivity contribution in [2.45, 2.75) is 33.1 Å². The fourth-order valence-electron chi connectivity index (χ4n) is 4.57. The van der Waals surface area contributed by atoms with Crippen LogP contribution < -0.4 is 9.80 Å². The van der Waals surface area contributed by atoms with E-state index in [9.17, 15) is 4.79 Å². The fraction of sp³-hybridized carbons (Fsp3) is 0.385. The maximum atomic E-state index is 12.1. The van der Waals surface area contributed by atoms with Gasteiger partial charge < -0.3 is 14.5 Å². The number of anilines is 3. The van der Waals surface area contributed by atoms with Crippen LogP contribution in [0.2, 0.25) is 0 Å². The number of fused-ring (bicyclic) bond motifs is 1. The number of imidazole rings is 1. The van der Waals surface area contributed by atoms with Gasteiger partial charge in [-0.1, -0.05) is 19.1 Å². The lowest BCUT2D eigenvalue weighted by Gasteiger charge is -2.31. The number of carbonyl (C=O) groups excluding carboxylic acids is 1. The van der Waals surface area contributed by atoms with Gasteiger partial charge in [0.15, 0.2) is 16.6 Å². The first-order valence-corrected chi connectivity index (χ1v) is 14.2. The molecule has 4 heterocycles. The summed E-state index contributed by atoms with van der Waals surface area (Å²) in [6.07, 6.45) is 2.34. The molecule has 0 N–H and O–H groups in total. The summed E-state index contributed by atoms with van der Waals surface area (Å²) in [6, 6.07) is 12.4. The molecule has 1 aliphatic heterocycles. The van der Waals surface area contributed by atoms with Gasteiger partial charge in [-0.25, -0.2) is 9.97 Å². The summed E-state index contributed by atoms with van der Waals surface area (Å²) in [5, 5.41) is 7.98. The molecule has 0 aliphatic carbocycles. The standard InChI is InChI=1S/C26H29IN6O2S/c1-4-20-24(31(3)26-29-21(16-36-26)17-6-8-19(27)9-7-17)33-22(28-20)10-11-23(30-33)32-14-12-18(13-15-32)25(34)35-5-2/h6-11,16,18H,4-5,12-15H2,1-3H3. The molecule has 188 valence electrons. The molecule has 0 radical (unpaired) electrons. The van der Waals surface area contributed by atoms with Gasteiger partial charge in [0.05, 0.1) is 23.9 Å². The molecule has 0 bridgehead atoms. The first kappa shape index (κ1) is 24.9. The molecule has 5 rings (SSSR count). The highest BCUT2D eigenvalue weighted by molar-refractivity contribution is 14.1. The summed E-state index contributed by atoms with van der Waals surface area (Å²) >= 11 is 3.92. The fourth-order valence-corrected chi connectivity index (χ4v) is 5.73. The Labute approximate surface area is 228 Å². The maximum absolute atomic E-state index is 12.1. The van der Waals surface area contributed by atoms with Gasteiger partial charge in [0.25, 0.3) is 0 Å².